The van der Waals surface area contributed by atoms with Crippen LogP contribution in [0.25, 0.3) is 0 Å². The fourth-order valence-electron chi connectivity index (χ4n) is 2.51. The zero-order valence-electron chi connectivity index (χ0n) is 10.6. The predicted octanol–water partition coefficient (Wildman–Crippen LogP) is 2.79. The number of aliphatic hydroxyl groups is 1. The minimum absolute atomic E-state index is 0.0359. The molecule has 0 aromatic heterocycles. The van der Waals surface area contributed by atoms with E-state index in [1.54, 1.807) is 0 Å². The highest BCUT2D eigenvalue weighted by Gasteiger charge is 2.43. The third-order valence-corrected chi connectivity index (χ3v) is 3.86. The summed E-state index contributed by atoms with van der Waals surface area (Å²) in [5, 5.41) is 10.2. The summed E-state index contributed by atoms with van der Waals surface area (Å²) >= 11 is 0. The molecular formula is C13H24O2. The van der Waals surface area contributed by atoms with E-state index in [9.17, 15) is 9.90 Å². The van der Waals surface area contributed by atoms with Crippen LogP contribution >= 0.6 is 0 Å². The Morgan fingerprint density at radius 1 is 1.40 bits per heavy atom. The predicted molar refractivity (Wildman–Crippen MR) is 61.6 cm³/mol. The maximum atomic E-state index is 12.2. The smallest absolute Gasteiger partial charge is 0.141 e. The second-order valence-corrected chi connectivity index (χ2v) is 6.26. The number of hydrogen-bond donors (Lipinski definition) is 1. The van der Waals surface area contributed by atoms with E-state index in [1.807, 2.05) is 34.6 Å². The summed E-state index contributed by atoms with van der Waals surface area (Å²) in [7, 11) is 0. The first kappa shape index (κ1) is 12.7. The molecule has 0 saturated heterocycles. The molecule has 1 rings (SSSR count). The van der Waals surface area contributed by atoms with Crippen molar-refractivity contribution in [2.24, 2.45) is 17.3 Å². The summed E-state index contributed by atoms with van der Waals surface area (Å²) in [5.74, 6) is 0.418. The third-order valence-electron chi connectivity index (χ3n) is 3.86. The van der Waals surface area contributed by atoms with Gasteiger partial charge < -0.3 is 5.11 Å². The zero-order chi connectivity index (χ0) is 11.9. The molecule has 15 heavy (non-hydrogen) atoms. The van der Waals surface area contributed by atoms with Gasteiger partial charge in [-0.15, -0.1) is 0 Å². The molecule has 1 saturated carbocycles. The van der Waals surface area contributed by atoms with Crippen LogP contribution in [0.1, 0.15) is 53.9 Å². The quantitative estimate of drug-likeness (QED) is 0.725. The van der Waals surface area contributed by atoms with Crippen molar-refractivity contribution in [3.05, 3.63) is 0 Å². The minimum atomic E-state index is -0.663. The first-order valence-corrected chi connectivity index (χ1v) is 5.93. The molecule has 2 nitrogen and oxygen atoms in total. The molecule has 1 N–H and O–H groups in total. The van der Waals surface area contributed by atoms with E-state index in [0.29, 0.717) is 5.78 Å². The molecule has 0 heterocycles. The average Bonchev–Trinajstić information content (AvgIpc) is 2.07. The van der Waals surface area contributed by atoms with Gasteiger partial charge in [0.25, 0.3) is 0 Å². The third kappa shape index (κ3) is 2.60. The maximum Gasteiger partial charge on any atom is 0.141 e. The Morgan fingerprint density at radius 2 is 1.93 bits per heavy atom. The van der Waals surface area contributed by atoms with Crippen molar-refractivity contribution in [2.75, 3.05) is 0 Å². The van der Waals surface area contributed by atoms with E-state index >= 15 is 0 Å². The highest BCUT2D eigenvalue weighted by Crippen LogP contribution is 2.40. The summed E-state index contributed by atoms with van der Waals surface area (Å²) in [6.45, 7) is 9.76. The largest absolute Gasteiger partial charge is 0.390 e. The lowest BCUT2D eigenvalue weighted by atomic mass is 9.65. The van der Waals surface area contributed by atoms with Gasteiger partial charge in [-0.3, -0.25) is 4.79 Å². The maximum absolute atomic E-state index is 12.2. The van der Waals surface area contributed by atoms with Crippen LogP contribution in [0.2, 0.25) is 0 Å². The molecule has 3 atom stereocenters. The van der Waals surface area contributed by atoms with Crippen molar-refractivity contribution >= 4 is 5.78 Å². The van der Waals surface area contributed by atoms with Gasteiger partial charge in [0.2, 0.25) is 0 Å². The van der Waals surface area contributed by atoms with Gasteiger partial charge in [-0.05, 0) is 32.1 Å². The fourth-order valence-corrected chi connectivity index (χ4v) is 2.51. The van der Waals surface area contributed by atoms with Crippen LogP contribution in [-0.2, 0) is 4.79 Å². The Kier molecular flexibility index (Phi) is 3.30. The van der Waals surface area contributed by atoms with Crippen LogP contribution in [0.15, 0.2) is 0 Å². The average molecular weight is 212 g/mol. The summed E-state index contributed by atoms with van der Waals surface area (Å²) in [6, 6.07) is 0. The van der Waals surface area contributed by atoms with Gasteiger partial charge >= 0.3 is 0 Å². The van der Waals surface area contributed by atoms with Crippen LogP contribution in [0.3, 0.4) is 0 Å². The van der Waals surface area contributed by atoms with Crippen LogP contribution in [0.5, 0.6) is 0 Å². The molecule has 0 aromatic rings. The van der Waals surface area contributed by atoms with E-state index in [2.05, 4.69) is 0 Å². The molecule has 1 aliphatic carbocycles. The summed E-state index contributed by atoms with van der Waals surface area (Å²) in [5.41, 5.74) is -0.948. The van der Waals surface area contributed by atoms with Gasteiger partial charge in [-0.2, -0.15) is 0 Å². The molecule has 88 valence electrons. The van der Waals surface area contributed by atoms with Crippen molar-refractivity contribution in [2.45, 2.75) is 59.5 Å². The van der Waals surface area contributed by atoms with E-state index in [1.165, 1.54) is 0 Å². The Bertz CT molecular complexity index is 248. The van der Waals surface area contributed by atoms with Crippen LogP contribution in [-0.4, -0.2) is 16.5 Å². The lowest BCUT2D eigenvalue weighted by Crippen LogP contribution is -2.46. The number of Topliss-reactive ketones (excluding diaryl/α,β-unsaturated/α-hetero) is 1. The molecule has 1 fully saturated rings. The number of carbonyl (C=O) groups is 1. The van der Waals surface area contributed by atoms with Gasteiger partial charge in [0, 0.05) is 11.3 Å². The SMILES string of the molecule is CC1C(C(=O)C(C)(C)C)CCCC1(C)O. The standard InChI is InChI=1S/C13H24O2/c1-9-10(11(14)12(2,3)4)7-6-8-13(9,5)15/h9-10,15H,6-8H2,1-5H3. The zero-order valence-corrected chi connectivity index (χ0v) is 10.6. The normalized spacial score (nSPS) is 37.7. The van der Waals surface area contributed by atoms with Crippen molar-refractivity contribution in [3.63, 3.8) is 0 Å². The highest BCUT2D eigenvalue weighted by atomic mass is 16.3. The van der Waals surface area contributed by atoms with Crippen molar-refractivity contribution in [1.29, 1.82) is 0 Å². The Balaban J connectivity index is 2.83. The molecule has 0 amide bonds. The Labute approximate surface area is 93.1 Å². The van der Waals surface area contributed by atoms with Crippen molar-refractivity contribution in [3.8, 4) is 0 Å². The molecule has 1 aliphatic rings. The van der Waals surface area contributed by atoms with Crippen LogP contribution < -0.4 is 0 Å². The molecule has 3 unspecified atom stereocenters. The van der Waals surface area contributed by atoms with Gasteiger partial charge in [-0.25, -0.2) is 0 Å². The van der Waals surface area contributed by atoms with E-state index in [0.717, 1.165) is 19.3 Å². The van der Waals surface area contributed by atoms with Crippen molar-refractivity contribution < 1.29 is 9.90 Å². The monoisotopic (exact) mass is 212 g/mol. The first-order valence-electron chi connectivity index (χ1n) is 5.93. The van der Waals surface area contributed by atoms with Gasteiger partial charge in [-0.1, -0.05) is 27.7 Å². The van der Waals surface area contributed by atoms with Gasteiger partial charge in [0.15, 0.2) is 0 Å². The fraction of sp³-hybridized carbons (Fsp3) is 0.923. The van der Waals surface area contributed by atoms with Crippen LogP contribution in [0.4, 0.5) is 0 Å². The highest BCUT2D eigenvalue weighted by molar-refractivity contribution is 5.86. The topological polar surface area (TPSA) is 37.3 Å². The van der Waals surface area contributed by atoms with Gasteiger partial charge in [0.05, 0.1) is 5.60 Å². The molecule has 2 heteroatoms. The lowest BCUT2D eigenvalue weighted by molar-refractivity contribution is -0.140. The van der Waals surface area contributed by atoms with E-state index in [4.69, 9.17) is 0 Å². The second kappa shape index (κ2) is 3.89. The summed E-state index contributed by atoms with van der Waals surface area (Å²) in [4.78, 5) is 12.2. The van der Waals surface area contributed by atoms with E-state index < -0.39 is 5.60 Å². The molecule has 0 aromatic carbocycles. The van der Waals surface area contributed by atoms with Crippen LogP contribution in [0, 0.1) is 17.3 Å². The lowest BCUT2D eigenvalue weighted by Gasteiger charge is -2.42. The molecule has 0 radical (unpaired) electrons. The summed E-state index contributed by atoms with van der Waals surface area (Å²) in [6.07, 6.45) is 2.72. The minimum Gasteiger partial charge on any atom is -0.390 e. The number of ketones is 1. The first-order chi connectivity index (χ1) is 6.66. The second-order valence-electron chi connectivity index (χ2n) is 6.26. The molecule has 0 bridgehead atoms. The number of hydrogen-bond acceptors (Lipinski definition) is 2. The molecule has 0 aliphatic heterocycles. The number of carbonyl (C=O) groups excluding carboxylic acids is 1. The molecule has 0 spiro atoms. The number of rotatable bonds is 1. The Hall–Kier alpha value is -0.370. The molecular weight excluding hydrogens is 188 g/mol. The summed E-state index contributed by atoms with van der Waals surface area (Å²) < 4.78 is 0. The van der Waals surface area contributed by atoms with Crippen molar-refractivity contribution in [1.82, 2.24) is 0 Å². The van der Waals surface area contributed by atoms with Gasteiger partial charge in [0.1, 0.15) is 5.78 Å². The van der Waals surface area contributed by atoms with E-state index in [-0.39, 0.29) is 17.3 Å². The Morgan fingerprint density at radius 3 is 2.40 bits per heavy atom.